The summed E-state index contributed by atoms with van der Waals surface area (Å²) in [6.45, 7) is 4.10. The van der Waals surface area contributed by atoms with Gasteiger partial charge in [0.25, 0.3) is 5.91 Å². The molecule has 1 atom stereocenters. The quantitative estimate of drug-likeness (QED) is 0.730. The van der Waals surface area contributed by atoms with Gasteiger partial charge in [-0.1, -0.05) is 25.1 Å². The lowest BCUT2D eigenvalue weighted by atomic mass is 10.1. The van der Waals surface area contributed by atoms with Gasteiger partial charge in [0.2, 0.25) is 5.75 Å². The molecule has 1 amide bonds. The van der Waals surface area contributed by atoms with Gasteiger partial charge in [-0.15, -0.1) is 0 Å². The van der Waals surface area contributed by atoms with E-state index in [0.29, 0.717) is 23.8 Å². The van der Waals surface area contributed by atoms with Crippen LogP contribution in [0.3, 0.4) is 0 Å². The van der Waals surface area contributed by atoms with E-state index < -0.39 is 6.10 Å². The minimum absolute atomic E-state index is 0.199. The largest absolute Gasteiger partial charge is 0.493 e. The van der Waals surface area contributed by atoms with Crippen molar-refractivity contribution in [2.75, 3.05) is 21.3 Å². The van der Waals surface area contributed by atoms with Gasteiger partial charge in [-0.3, -0.25) is 4.79 Å². The predicted molar refractivity (Wildman–Crippen MR) is 104 cm³/mol. The van der Waals surface area contributed by atoms with Gasteiger partial charge in [0.15, 0.2) is 17.6 Å². The highest BCUT2D eigenvalue weighted by atomic mass is 16.5. The number of benzene rings is 2. The van der Waals surface area contributed by atoms with Crippen LogP contribution in [0.25, 0.3) is 0 Å². The Morgan fingerprint density at radius 1 is 1.00 bits per heavy atom. The van der Waals surface area contributed by atoms with Gasteiger partial charge in [0.05, 0.1) is 21.3 Å². The fraction of sp³-hybridized carbons (Fsp3) is 0.381. The molecule has 0 bridgehead atoms. The van der Waals surface area contributed by atoms with Gasteiger partial charge in [-0.25, -0.2) is 0 Å². The van der Waals surface area contributed by atoms with Gasteiger partial charge in [-0.05, 0) is 42.7 Å². The van der Waals surface area contributed by atoms with E-state index in [4.69, 9.17) is 18.9 Å². The zero-order chi connectivity index (χ0) is 19.8. The molecule has 2 rings (SSSR count). The molecular formula is C21H27NO5. The van der Waals surface area contributed by atoms with Crippen LogP contribution in [-0.4, -0.2) is 33.3 Å². The fourth-order valence-corrected chi connectivity index (χ4v) is 2.73. The Balaban J connectivity index is 2.04. The number of carbonyl (C=O) groups excluding carboxylic acids is 1. The van der Waals surface area contributed by atoms with E-state index >= 15 is 0 Å². The fourth-order valence-electron chi connectivity index (χ4n) is 2.73. The summed E-state index contributed by atoms with van der Waals surface area (Å²) in [5.74, 6) is 2.14. The lowest BCUT2D eigenvalue weighted by Gasteiger charge is -2.18. The van der Waals surface area contributed by atoms with Crippen molar-refractivity contribution in [3.63, 3.8) is 0 Å². The van der Waals surface area contributed by atoms with Crippen molar-refractivity contribution in [2.24, 2.45) is 0 Å². The second kappa shape index (κ2) is 9.71. The third-order valence-corrected chi connectivity index (χ3v) is 4.22. The molecule has 0 aliphatic rings. The van der Waals surface area contributed by atoms with Crippen LogP contribution in [0.15, 0.2) is 36.4 Å². The highest BCUT2D eigenvalue weighted by Crippen LogP contribution is 2.38. The number of rotatable bonds is 9. The molecule has 6 nitrogen and oxygen atoms in total. The highest BCUT2D eigenvalue weighted by Gasteiger charge is 2.17. The molecule has 1 N–H and O–H groups in total. The molecule has 0 saturated heterocycles. The van der Waals surface area contributed by atoms with E-state index in [1.54, 1.807) is 40.4 Å². The molecule has 0 aromatic heterocycles. The number of nitrogens with one attached hydrogen (secondary N) is 1. The van der Waals surface area contributed by atoms with Crippen molar-refractivity contribution >= 4 is 5.91 Å². The Hall–Kier alpha value is -2.89. The average Bonchev–Trinajstić information content (AvgIpc) is 2.71. The number of hydrogen-bond acceptors (Lipinski definition) is 5. The molecule has 0 spiro atoms. The van der Waals surface area contributed by atoms with E-state index in [1.165, 1.54) is 0 Å². The van der Waals surface area contributed by atoms with Crippen LogP contribution in [0.2, 0.25) is 0 Å². The Morgan fingerprint density at radius 2 is 1.63 bits per heavy atom. The molecule has 0 aliphatic carbocycles. The molecule has 146 valence electrons. The molecule has 0 radical (unpaired) electrons. The van der Waals surface area contributed by atoms with Crippen LogP contribution >= 0.6 is 0 Å². The number of amides is 1. The number of hydrogen-bond donors (Lipinski definition) is 1. The van der Waals surface area contributed by atoms with Crippen molar-refractivity contribution in [1.29, 1.82) is 0 Å². The monoisotopic (exact) mass is 373 g/mol. The molecule has 2 aromatic carbocycles. The summed E-state index contributed by atoms with van der Waals surface area (Å²) in [6.07, 6.45) is 0.232. The first-order valence-corrected chi connectivity index (χ1v) is 8.85. The minimum atomic E-state index is -0.611. The number of methoxy groups -OCH3 is 3. The highest BCUT2D eigenvalue weighted by molar-refractivity contribution is 5.80. The van der Waals surface area contributed by atoms with Gasteiger partial charge in [-0.2, -0.15) is 0 Å². The Bertz CT molecular complexity index is 750. The SMILES string of the molecule is CCc1ccccc1O[C@H](C)C(=O)NCc1cc(OC)c(OC)c(OC)c1. The smallest absolute Gasteiger partial charge is 0.261 e. The second-order valence-corrected chi connectivity index (χ2v) is 5.97. The summed E-state index contributed by atoms with van der Waals surface area (Å²) >= 11 is 0. The average molecular weight is 373 g/mol. The van der Waals surface area contributed by atoms with Gasteiger partial charge in [0.1, 0.15) is 5.75 Å². The maximum Gasteiger partial charge on any atom is 0.261 e. The van der Waals surface area contributed by atoms with E-state index in [1.807, 2.05) is 24.3 Å². The van der Waals surface area contributed by atoms with Crippen LogP contribution in [0.4, 0.5) is 0 Å². The summed E-state index contributed by atoms with van der Waals surface area (Å²) in [4.78, 5) is 12.4. The summed E-state index contributed by atoms with van der Waals surface area (Å²) in [6, 6.07) is 11.3. The number of ether oxygens (including phenoxy) is 4. The van der Waals surface area contributed by atoms with Crippen molar-refractivity contribution in [1.82, 2.24) is 5.32 Å². The Kier molecular flexibility index (Phi) is 7.34. The van der Waals surface area contributed by atoms with E-state index in [0.717, 1.165) is 23.3 Å². The van der Waals surface area contributed by atoms with Gasteiger partial charge >= 0.3 is 0 Å². The van der Waals surface area contributed by atoms with Crippen LogP contribution in [-0.2, 0) is 17.8 Å². The molecule has 0 unspecified atom stereocenters. The van der Waals surface area contributed by atoms with Crippen molar-refractivity contribution in [3.05, 3.63) is 47.5 Å². The lowest BCUT2D eigenvalue weighted by Crippen LogP contribution is -2.36. The number of carbonyl (C=O) groups is 1. The molecule has 6 heteroatoms. The zero-order valence-corrected chi connectivity index (χ0v) is 16.5. The molecule has 0 aliphatic heterocycles. The van der Waals surface area contributed by atoms with Crippen molar-refractivity contribution < 1.29 is 23.7 Å². The van der Waals surface area contributed by atoms with E-state index in [9.17, 15) is 4.79 Å². The van der Waals surface area contributed by atoms with Crippen molar-refractivity contribution in [2.45, 2.75) is 32.9 Å². The van der Waals surface area contributed by atoms with E-state index in [-0.39, 0.29) is 5.91 Å². The molecule has 0 fully saturated rings. The van der Waals surface area contributed by atoms with Crippen LogP contribution in [0, 0.1) is 0 Å². The Labute approximate surface area is 160 Å². The third kappa shape index (κ3) is 5.06. The minimum Gasteiger partial charge on any atom is -0.493 e. The summed E-state index contributed by atoms with van der Waals surface area (Å²) < 4.78 is 21.8. The standard InChI is InChI=1S/C21H27NO5/c1-6-16-9-7-8-10-17(16)27-14(2)21(23)22-13-15-11-18(24-3)20(26-5)19(12-15)25-4/h7-12,14H,6,13H2,1-5H3,(H,22,23)/t14-/m1/s1. The molecular weight excluding hydrogens is 346 g/mol. The first-order valence-electron chi connectivity index (χ1n) is 8.85. The maximum atomic E-state index is 12.4. The van der Waals surface area contributed by atoms with Crippen LogP contribution < -0.4 is 24.3 Å². The van der Waals surface area contributed by atoms with Gasteiger partial charge < -0.3 is 24.3 Å². The molecule has 0 heterocycles. The first kappa shape index (κ1) is 20.4. The third-order valence-electron chi connectivity index (χ3n) is 4.22. The van der Waals surface area contributed by atoms with E-state index in [2.05, 4.69) is 12.2 Å². The first-order chi connectivity index (χ1) is 13.0. The second-order valence-electron chi connectivity index (χ2n) is 5.97. The van der Waals surface area contributed by atoms with Crippen LogP contribution in [0.5, 0.6) is 23.0 Å². The summed E-state index contributed by atoms with van der Waals surface area (Å²) in [5.41, 5.74) is 1.90. The van der Waals surface area contributed by atoms with Crippen LogP contribution in [0.1, 0.15) is 25.0 Å². The topological polar surface area (TPSA) is 66.0 Å². The number of para-hydroxylation sites is 1. The summed E-state index contributed by atoms with van der Waals surface area (Å²) in [7, 11) is 4.66. The zero-order valence-electron chi connectivity index (χ0n) is 16.5. The molecule has 27 heavy (non-hydrogen) atoms. The number of aryl methyl sites for hydroxylation is 1. The predicted octanol–water partition coefficient (Wildman–Crippen LogP) is 3.36. The molecule has 2 aromatic rings. The maximum absolute atomic E-state index is 12.4. The normalized spacial score (nSPS) is 11.4. The summed E-state index contributed by atoms with van der Waals surface area (Å²) in [5, 5.41) is 2.88. The van der Waals surface area contributed by atoms with Crippen molar-refractivity contribution in [3.8, 4) is 23.0 Å². The molecule has 0 saturated carbocycles. The Morgan fingerprint density at radius 3 is 2.19 bits per heavy atom. The van der Waals surface area contributed by atoms with Gasteiger partial charge in [0, 0.05) is 6.54 Å². The lowest BCUT2D eigenvalue weighted by molar-refractivity contribution is -0.127.